The molecule has 0 saturated carbocycles. The van der Waals surface area contributed by atoms with E-state index in [1.54, 1.807) is 0 Å². The molecule has 1 amide bonds. The van der Waals surface area contributed by atoms with Crippen LogP contribution in [-0.4, -0.2) is 11.9 Å². The Morgan fingerprint density at radius 3 is 1.15 bits per heavy atom. The second-order valence-corrected chi connectivity index (χ2v) is 8.84. The summed E-state index contributed by atoms with van der Waals surface area (Å²) in [6.07, 6.45) is 27.2. The van der Waals surface area contributed by atoms with Crippen molar-refractivity contribution in [1.82, 2.24) is 5.32 Å². The van der Waals surface area contributed by atoms with Gasteiger partial charge in [-0.2, -0.15) is 0 Å². The third-order valence-electron chi connectivity index (χ3n) is 5.46. The highest BCUT2D eigenvalue weighted by Gasteiger charge is 2.02. The zero-order chi connectivity index (χ0) is 20.0. The first-order valence-corrected chi connectivity index (χ1v) is 12.5. The van der Waals surface area contributed by atoms with Crippen molar-refractivity contribution in [3.63, 3.8) is 0 Å². The molecule has 0 rings (SSSR count). The van der Waals surface area contributed by atoms with Crippen LogP contribution in [0.2, 0.25) is 0 Å². The first kappa shape index (κ1) is 26.5. The number of nitrogens with one attached hydrogen (secondary N) is 1. The van der Waals surface area contributed by atoms with Crippen molar-refractivity contribution < 1.29 is 4.79 Å². The van der Waals surface area contributed by atoms with Crippen molar-refractivity contribution in [2.75, 3.05) is 0 Å². The summed E-state index contributed by atoms with van der Waals surface area (Å²) >= 11 is 0. The summed E-state index contributed by atoms with van der Waals surface area (Å²) in [5, 5.41) is 2.96. The minimum Gasteiger partial charge on any atom is -0.354 e. The fourth-order valence-electron chi connectivity index (χ4n) is 3.76. The lowest BCUT2D eigenvalue weighted by Gasteiger charge is -2.07. The number of carbonyl (C=O) groups is 1. The second kappa shape index (κ2) is 21.8. The topological polar surface area (TPSA) is 29.1 Å². The molecule has 0 aromatic carbocycles. The Morgan fingerprint density at radius 2 is 0.852 bits per heavy atom. The predicted octanol–water partition coefficient (Wildman–Crippen LogP) is 8.33. The number of hydrogen-bond acceptors (Lipinski definition) is 1. The number of amides is 1. The van der Waals surface area contributed by atoms with Gasteiger partial charge in [0.1, 0.15) is 0 Å². The Hall–Kier alpha value is -0.530. The highest BCUT2D eigenvalue weighted by molar-refractivity contribution is 5.76. The molecule has 162 valence electrons. The van der Waals surface area contributed by atoms with Crippen LogP contribution < -0.4 is 5.32 Å². The number of rotatable bonds is 21. The molecule has 2 heteroatoms. The van der Waals surface area contributed by atoms with Crippen molar-refractivity contribution in [2.45, 2.75) is 155 Å². The molecule has 0 unspecified atom stereocenters. The number of hydrogen-bond donors (Lipinski definition) is 1. The zero-order valence-electron chi connectivity index (χ0n) is 19.1. The van der Waals surface area contributed by atoms with E-state index >= 15 is 0 Å². The van der Waals surface area contributed by atoms with Crippen LogP contribution in [0.5, 0.6) is 0 Å². The fourth-order valence-corrected chi connectivity index (χ4v) is 3.76. The molecule has 0 aliphatic rings. The minimum atomic E-state index is 0.219. The van der Waals surface area contributed by atoms with Crippen LogP contribution in [0.4, 0.5) is 0 Å². The fraction of sp³-hybridized carbons (Fsp3) is 0.960. The predicted molar refractivity (Wildman–Crippen MR) is 121 cm³/mol. The van der Waals surface area contributed by atoms with Gasteiger partial charge in [0.05, 0.1) is 0 Å². The highest BCUT2D eigenvalue weighted by Crippen LogP contribution is 2.14. The average Bonchev–Trinajstić information content (AvgIpc) is 2.63. The quantitative estimate of drug-likeness (QED) is 0.199. The van der Waals surface area contributed by atoms with Crippen molar-refractivity contribution in [2.24, 2.45) is 0 Å². The number of carbonyl (C=O) groups excluding carboxylic acids is 1. The Morgan fingerprint density at radius 1 is 0.556 bits per heavy atom. The molecular formula is C25H51NO. The van der Waals surface area contributed by atoms with E-state index in [-0.39, 0.29) is 11.9 Å². The van der Waals surface area contributed by atoms with Crippen LogP contribution in [0.25, 0.3) is 0 Å². The van der Waals surface area contributed by atoms with E-state index in [1.165, 1.54) is 116 Å². The monoisotopic (exact) mass is 381 g/mol. The molecule has 0 heterocycles. The summed E-state index contributed by atoms with van der Waals surface area (Å²) in [4.78, 5) is 11.5. The average molecular weight is 382 g/mol. The summed E-state index contributed by atoms with van der Waals surface area (Å²) in [6.45, 7) is 6.34. The highest BCUT2D eigenvalue weighted by atomic mass is 16.1. The van der Waals surface area contributed by atoms with Crippen molar-refractivity contribution in [1.29, 1.82) is 0 Å². The summed E-state index contributed by atoms with van der Waals surface area (Å²) in [7, 11) is 0. The van der Waals surface area contributed by atoms with Gasteiger partial charge in [0, 0.05) is 12.5 Å². The molecule has 0 radical (unpaired) electrons. The molecule has 0 aromatic rings. The largest absolute Gasteiger partial charge is 0.354 e. The molecule has 0 aromatic heterocycles. The molecule has 0 fully saturated rings. The summed E-state index contributed by atoms with van der Waals surface area (Å²) in [6, 6.07) is 0.276. The van der Waals surface area contributed by atoms with Gasteiger partial charge in [-0.15, -0.1) is 0 Å². The normalized spacial score (nSPS) is 11.3. The molecule has 0 spiro atoms. The van der Waals surface area contributed by atoms with Crippen molar-refractivity contribution in [3.8, 4) is 0 Å². The molecule has 2 nitrogen and oxygen atoms in total. The first-order chi connectivity index (χ1) is 13.2. The van der Waals surface area contributed by atoms with E-state index in [9.17, 15) is 4.79 Å². The van der Waals surface area contributed by atoms with Crippen LogP contribution in [0.1, 0.15) is 149 Å². The third kappa shape index (κ3) is 23.4. The van der Waals surface area contributed by atoms with Gasteiger partial charge in [-0.3, -0.25) is 4.79 Å². The third-order valence-corrected chi connectivity index (χ3v) is 5.46. The van der Waals surface area contributed by atoms with Gasteiger partial charge < -0.3 is 5.32 Å². The maximum absolute atomic E-state index is 11.5. The molecule has 0 aliphatic carbocycles. The maximum atomic E-state index is 11.5. The van der Waals surface area contributed by atoms with E-state index in [4.69, 9.17) is 0 Å². The van der Waals surface area contributed by atoms with Crippen molar-refractivity contribution in [3.05, 3.63) is 0 Å². The van der Waals surface area contributed by atoms with Crippen LogP contribution >= 0.6 is 0 Å². The van der Waals surface area contributed by atoms with Crippen LogP contribution in [0, 0.1) is 0 Å². The number of unbranched alkanes of at least 4 members (excludes halogenated alkanes) is 18. The molecule has 0 aliphatic heterocycles. The van der Waals surface area contributed by atoms with Crippen LogP contribution in [0.3, 0.4) is 0 Å². The van der Waals surface area contributed by atoms with Gasteiger partial charge in [0.2, 0.25) is 5.91 Å². The summed E-state index contributed by atoms with van der Waals surface area (Å²) in [5.74, 6) is 0.219. The first-order valence-electron chi connectivity index (χ1n) is 12.5. The van der Waals surface area contributed by atoms with Gasteiger partial charge in [0.25, 0.3) is 0 Å². The summed E-state index contributed by atoms with van der Waals surface area (Å²) < 4.78 is 0. The van der Waals surface area contributed by atoms with Gasteiger partial charge >= 0.3 is 0 Å². The molecule has 0 saturated heterocycles. The van der Waals surface area contributed by atoms with Gasteiger partial charge in [-0.05, 0) is 20.3 Å². The standard InChI is InChI=1S/C25H51NO/c1-4-5-6-7-8-9-10-11-12-13-14-15-16-17-18-19-20-21-22-23-25(27)26-24(2)3/h24H,4-23H2,1-3H3,(H,26,27). The smallest absolute Gasteiger partial charge is 0.220 e. The van der Waals surface area contributed by atoms with E-state index in [0.717, 1.165) is 6.42 Å². The Labute approximate surface area is 171 Å². The zero-order valence-corrected chi connectivity index (χ0v) is 19.1. The van der Waals surface area contributed by atoms with E-state index in [0.29, 0.717) is 6.42 Å². The minimum absolute atomic E-state index is 0.219. The van der Waals surface area contributed by atoms with Gasteiger partial charge in [0.15, 0.2) is 0 Å². The lowest BCUT2D eigenvalue weighted by molar-refractivity contribution is -0.121. The molecule has 27 heavy (non-hydrogen) atoms. The lowest BCUT2D eigenvalue weighted by Crippen LogP contribution is -2.29. The molecule has 1 N–H and O–H groups in total. The Kier molecular flexibility index (Phi) is 21.3. The molecule has 0 bridgehead atoms. The Balaban J connectivity index is 3.06. The second-order valence-electron chi connectivity index (χ2n) is 8.84. The van der Waals surface area contributed by atoms with Gasteiger partial charge in [-0.1, -0.05) is 122 Å². The van der Waals surface area contributed by atoms with E-state index in [2.05, 4.69) is 12.2 Å². The van der Waals surface area contributed by atoms with Crippen molar-refractivity contribution >= 4 is 5.91 Å². The molecular weight excluding hydrogens is 330 g/mol. The Bertz CT molecular complexity index is 301. The molecule has 0 atom stereocenters. The lowest BCUT2D eigenvalue weighted by atomic mass is 10.0. The van der Waals surface area contributed by atoms with Crippen LogP contribution in [-0.2, 0) is 4.79 Å². The maximum Gasteiger partial charge on any atom is 0.220 e. The van der Waals surface area contributed by atoms with E-state index < -0.39 is 0 Å². The van der Waals surface area contributed by atoms with Crippen LogP contribution in [0.15, 0.2) is 0 Å². The SMILES string of the molecule is CCCCCCCCCCCCCCCCCCCCCC(=O)NC(C)C. The van der Waals surface area contributed by atoms with Gasteiger partial charge in [-0.25, -0.2) is 0 Å². The van der Waals surface area contributed by atoms with E-state index in [1.807, 2.05) is 13.8 Å². The summed E-state index contributed by atoms with van der Waals surface area (Å²) in [5.41, 5.74) is 0.